The third-order valence-corrected chi connectivity index (χ3v) is 4.35. The third-order valence-electron chi connectivity index (χ3n) is 3.50. The van der Waals surface area contributed by atoms with E-state index < -0.39 is 11.8 Å². The Kier molecular flexibility index (Phi) is 4.44. The topological polar surface area (TPSA) is 37.4 Å². The van der Waals surface area contributed by atoms with Crippen LogP contribution in [-0.4, -0.2) is 16.7 Å². The summed E-state index contributed by atoms with van der Waals surface area (Å²) in [5, 5.41) is 1.05. The van der Waals surface area contributed by atoms with Crippen molar-refractivity contribution in [3.63, 3.8) is 0 Å². The number of rotatable bonds is 3. The van der Waals surface area contributed by atoms with E-state index in [1.807, 2.05) is 0 Å². The fourth-order valence-corrected chi connectivity index (χ4v) is 2.87. The summed E-state index contributed by atoms with van der Waals surface area (Å²) in [7, 11) is 0. The molecular formula is C17H10Cl3NO2. The zero-order chi connectivity index (χ0) is 16.6. The van der Waals surface area contributed by atoms with Gasteiger partial charge in [-0.15, -0.1) is 0 Å². The molecule has 116 valence electrons. The highest BCUT2D eigenvalue weighted by Crippen LogP contribution is 2.33. The van der Waals surface area contributed by atoms with Crippen molar-refractivity contribution >= 4 is 52.2 Å². The molecular weight excluding hydrogens is 357 g/mol. The van der Waals surface area contributed by atoms with E-state index >= 15 is 0 Å². The predicted octanol–water partition coefficient (Wildman–Crippen LogP) is 4.51. The van der Waals surface area contributed by atoms with Crippen LogP contribution in [-0.2, 0) is 16.1 Å². The molecule has 0 atom stereocenters. The lowest BCUT2D eigenvalue weighted by molar-refractivity contribution is -0.137. The minimum atomic E-state index is -0.503. The average molecular weight is 367 g/mol. The lowest BCUT2D eigenvalue weighted by Gasteiger charge is -2.15. The van der Waals surface area contributed by atoms with Gasteiger partial charge in [0.25, 0.3) is 11.8 Å². The quantitative estimate of drug-likeness (QED) is 0.749. The molecule has 2 amide bonds. The summed E-state index contributed by atoms with van der Waals surface area (Å²) in [5.41, 5.74) is 1.55. The summed E-state index contributed by atoms with van der Waals surface area (Å²) in [4.78, 5) is 26.0. The molecule has 0 radical (unpaired) electrons. The fraction of sp³-hybridized carbons (Fsp3) is 0.0588. The molecule has 3 rings (SSSR count). The first kappa shape index (κ1) is 16.1. The van der Waals surface area contributed by atoms with Crippen LogP contribution in [0.2, 0.25) is 10.0 Å². The normalized spacial score (nSPS) is 14.8. The molecule has 0 unspecified atom stereocenters. The van der Waals surface area contributed by atoms with Crippen molar-refractivity contribution in [2.75, 3.05) is 0 Å². The van der Waals surface area contributed by atoms with Crippen LogP contribution in [0.1, 0.15) is 11.1 Å². The maximum atomic E-state index is 12.6. The minimum Gasteiger partial charge on any atom is -0.269 e. The van der Waals surface area contributed by atoms with Crippen molar-refractivity contribution in [1.82, 2.24) is 4.90 Å². The van der Waals surface area contributed by atoms with Crippen molar-refractivity contribution in [1.29, 1.82) is 0 Å². The van der Waals surface area contributed by atoms with E-state index in [1.165, 1.54) is 0 Å². The number of carbonyl (C=O) groups is 2. The molecule has 0 aliphatic carbocycles. The molecule has 0 bridgehead atoms. The SMILES string of the molecule is O=C1C(Cl)=C(c2ccc(Cl)cc2)C(=O)N1Cc1ccc(Cl)cc1. The highest BCUT2D eigenvalue weighted by atomic mass is 35.5. The Labute approximate surface area is 148 Å². The molecule has 0 saturated heterocycles. The van der Waals surface area contributed by atoms with Crippen molar-refractivity contribution in [3.05, 3.63) is 74.7 Å². The van der Waals surface area contributed by atoms with Crippen LogP contribution in [0.4, 0.5) is 0 Å². The molecule has 0 saturated carbocycles. The second kappa shape index (κ2) is 6.36. The van der Waals surface area contributed by atoms with Crippen LogP contribution >= 0.6 is 34.8 Å². The number of carbonyl (C=O) groups excluding carboxylic acids is 2. The number of halogens is 3. The summed E-state index contributed by atoms with van der Waals surface area (Å²) >= 11 is 17.8. The minimum absolute atomic E-state index is 0.0775. The zero-order valence-electron chi connectivity index (χ0n) is 11.7. The Bertz CT molecular complexity index is 811. The number of nitrogens with zero attached hydrogens (tertiary/aromatic N) is 1. The van der Waals surface area contributed by atoms with Crippen molar-refractivity contribution in [2.24, 2.45) is 0 Å². The van der Waals surface area contributed by atoms with E-state index in [1.54, 1.807) is 48.5 Å². The first-order valence-electron chi connectivity index (χ1n) is 6.73. The maximum absolute atomic E-state index is 12.6. The highest BCUT2D eigenvalue weighted by molar-refractivity contribution is 6.55. The van der Waals surface area contributed by atoms with Gasteiger partial charge in [0.15, 0.2) is 0 Å². The fourth-order valence-electron chi connectivity index (χ4n) is 2.33. The lowest BCUT2D eigenvalue weighted by Crippen LogP contribution is -2.30. The van der Waals surface area contributed by atoms with Gasteiger partial charge in [-0.25, -0.2) is 0 Å². The number of hydrogen-bond donors (Lipinski definition) is 0. The van der Waals surface area contributed by atoms with Gasteiger partial charge < -0.3 is 0 Å². The molecule has 1 aliphatic heterocycles. The molecule has 1 heterocycles. The van der Waals surface area contributed by atoms with Crippen molar-refractivity contribution < 1.29 is 9.59 Å². The van der Waals surface area contributed by atoms with E-state index in [-0.39, 0.29) is 17.2 Å². The molecule has 0 fully saturated rings. The monoisotopic (exact) mass is 365 g/mol. The van der Waals surface area contributed by atoms with E-state index in [0.29, 0.717) is 15.6 Å². The zero-order valence-corrected chi connectivity index (χ0v) is 14.0. The standard InChI is InChI=1S/C17H10Cl3NO2/c18-12-5-1-10(2-6-12)9-21-16(22)14(15(20)17(21)23)11-3-7-13(19)8-4-11/h1-8H,9H2. The van der Waals surface area contributed by atoms with Gasteiger partial charge in [-0.05, 0) is 35.4 Å². The van der Waals surface area contributed by atoms with E-state index in [4.69, 9.17) is 34.8 Å². The van der Waals surface area contributed by atoms with Gasteiger partial charge in [0.1, 0.15) is 5.03 Å². The first-order chi connectivity index (χ1) is 11.0. The van der Waals surface area contributed by atoms with Crippen LogP contribution < -0.4 is 0 Å². The van der Waals surface area contributed by atoms with E-state index in [2.05, 4.69) is 0 Å². The molecule has 0 spiro atoms. The molecule has 2 aromatic carbocycles. The van der Waals surface area contributed by atoms with Gasteiger partial charge in [0, 0.05) is 10.0 Å². The van der Waals surface area contributed by atoms with Gasteiger partial charge in [-0.1, -0.05) is 59.1 Å². The number of benzene rings is 2. The number of hydrogen-bond acceptors (Lipinski definition) is 2. The Balaban J connectivity index is 1.89. The van der Waals surface area contributed by atoms with Crippen LogP contribution in [0.5, 0.6) is 0 Å². The Hall–Kier alpha value is -1.81. The highest BCUT2D eigenvalue weighted by Gasteiger charge is 2.38. The maximum Gasteiger partial charge on any atom is 0.273 e. The Morgan fingerprint density at radius 1 is 0.739 bits per heavy atom. The largest absolute Gasteiger partial charge is 0.273 e. The van der Waals surface area contributed by atoms with Crippen molar-refractivity contribution in [3.8, 4) is 0 Å². The van der Waals surface area contributed by atoms with Gasteiger partial charge >= 0.3 is 0 Å². The Morgan fingerprint density at radius 3 is 1.83 bits per heavy atom. The first-order valence-corrected chi connectivity index (χ1v) is 7.87. The molecule has 0 N–H and O–H groups in total. The van der Waals surface area contributed by atoms with Gasteiger partial charge in [-0.2, -0.15) is 0 Å². The summed E-state index contributed by atoms with van der Waals surface area (Å²) in [6.45, 7) is 0.141. The molecule has 3 nitrogen and oxygen atoms in total. The summed E-state index contributed by atoms with van der Waals surface area (Å²) in [5.74, 6) is -0.922. The average Bonchev–Trinajstić information content (AvgIpc) is 2.74. The second-order valence-corrected chi connectivity index (χ2v) is 6.27. The van der Waals surface area contributed by atoms with Gasteiger partial charge in [-0.3, -0.25) is 14.5 Å². The van der Waals surface area contributed by atoms with E-state index in [9.17, 15) is 9.59 Å². The van der Waals surface area contributed by atoms with Crippen molar-refractivity contribution in [2.45, 2.75) is 6.54 Å². The van der Waals surface area contributed by atoms with Crippen LogP contribution in [0.25, 0.3) is 5.57 Å². The van der Waals surface area contributed by atoms with Gasteiger partial charge in [0.05, 0.1) is 12.1 Å². The summed E-state index contributed by atoms with van der Waals surface area (Å²) in [6, 6.07) is 13.6. The smallest absolute Gasteiger partial charge is 0.269 e. The Morgan fingerprint density at radius 2 is 1.26 bits per heavy atom. The van der Waals surface area contributed by atoms with E-state index in [0.717, 1.165) is 10.5 Å². The van der Waals surface area contributed by atoms with Gasteiger partial charge in [0.2, 0.25) is 0 Å². The lowest BCUT2D eigenvalue weighted by atomic mass is 10.1. The third kappa shape index (κ3) is 3.13. The molecule has 23 heavy (non-hydrogen) atoms. The number of amides is 2. The number of imide groups is 1. The van der Waals surface area contributed by atoms with Crippen LogP contribution in [0, 0.1) is 0 Å². The second-order valence-electron chi connectivity index (χ2n) is 5.02. The summed E-state index contributed by atoms with van der Waals surface area (Å²) in [6.07, 6.45) is 0. The molecule has 1 aliphatic rings. The van der Waals surface area contributed by atoms with Crippen LogP contribution in [0.15, 0.2) is 53.6 Å². The van der Waals surface area contributed by atoms with Crippen LogP contribution in [0.3, 0.4) is 0 Å². The molecule has 0 aromatic heterocycles. The molecule has 2 aromatic rings. The summed E-state index contributed by atoms with van der Waals surface area (Å²) < 4.78 is 0. The molecule has 6 heteroatoms. The predicted molar refractivity (Wildman–Crippen MR) is 91.2 cm³/mol.